The predicted molar refractivity (Wildman–Crippen MR) is 148 cm³/mol. The van der Waals surface area contributed by atoms with Gasteiger partial charge in [0.15, 0.2) is 0 Å². The molecule has 3 heterocycles. The van der Waals surface area contributed by atoms with Crippen LogP contribution in [0.2, 0.25) is 0 Å². The molecule has 0 spiro atoms. The molecule has 38 heavy (non-hydrogen) atoms. The highest BCUT2D eigenvalue weighted by Gasteiger charge is 2.27. The Labute approximate surface area is 223 Å². The number of nitrogens with zero attached hydrogens (tertiary/aromatic N) is 4. The van der Waals surface area contributed by atoms with Crippen molar-refractivity contribution in [3.05, 3.63) is 93.9 Å². The van der Waals surface area contributed by atoms with E-state index in [1.54, 1.807) is 0 Å². The van der Waals surface area contributed by atoms with Crippen LogP contribution >= 0.6 is 0 Å². The Morgan fingerprint density at radius 1 is 0.921 bits per heavy atom. The van der Waals surface area contributed by atoms with Gasteiger partial charge >= 0.3 is 0 Å². The lowest BCUT2D eigenvalue weighted by Gasteiger charge is -2.40. The van der Waals surface area contributed by atoms with E-state index in [4.69, 9.17) is 4.74 Å². The minimum atomic E-state index is -0.408. The van der Waals surface area contributed by atoms with E-state index >= 15 is 0 Å². The van der Waals surface area contributed by atoms with Crippen molar-refractivity contribution in [3.63, 3.8) is 0 Å². The van der Waals surface area contributed by atoms with Crippen molar-refractivity contribution in [3.8, 4) is 0 Å². The van der Waals surface area contributed by atoms with E-state index < -0.39 is 5.56 Å². The zero-order valence-corrected chi connectivity index (χ0v) is 21.7. The number of amides is 1. The van der Waals surface area contributed by atoms with Gasteiger partial charge in [-0.15, -0.1) is 0 Å². The number of anilines is 1. The molecule has 5 rings (SSSR count). The summed E-state index contributed by atoms with van der Waals surface area (Å²) >= 11 is 0. The summed E-state index contributed by atoms with van der Waals surface area (Å²) in [5, 5.41) is 2.85. The third-order valence-corrected chi connectivity index (χ3v) is 7.28. The number of hydrogen-bond donors (Lipinski definition) is 2. The third kappa shape index (κ3) is 6.48. The van der Waals surface area contributed by atoms with Gasteiger partial charge in [0.25, 0.3) is 11.5 Å². The average molecular weight is 517 g/mol. The number of aromatic nitrogens is 2. The summed E-state index contributed by atoms with van der Waals surface area (Å²) in [5.74, 6) is 0.125. The van der Waals surface area contributed by atoms with E-state index in [0.29, 0.717) is 12.5 Å². The molecule has 0 bridgehead atoms. The molecule has 9 heteroatoms. The predicted octanol–water partition coefficient (Wildman–Crippen LogP) is 2.13. The van der Waals surface area contributed by atoms with Crippen LogP contribution in [0.4, 0.5) is 5.95 Å². The van der Waals surface area contributed by atoms with Gasteiger partial charge < -0.3 is 15.0 Å². The number of piperazine rings is 1. The molecule has 2 N–H and O–H groups in total. The Morgan fingerprint density at radius 3 is 2.16 bits per heavy atom. The van der Waals surface area contributed by atoms with Gasteiger partial charge in [-0.05, 0) is 24.1 Å². The topological polar surface area (TPSA) is 93.8 Å². The Bertz CT molecular complexity index is 1180. The van der Waals surface area contributed by atoms with E-state index in [0.717, 1.165) is 65.4 Å². The van der Waals surface area contributed by atoms with Crippen LogP contribution < -0.4 is 15.8 Å². The zero-order chi connectivity index (χ0) is 26.2. The molecule has 3 aromatic rings. The van der Waals surface area contributed by atoms with Crippen LogP contribution in [0.1, 0.15) is 33.9 Å². The van der Waals surface area contributed by atoms with Gasteiger partial charge in [-0.1, -0.05) is 60.7 Å². The SMILES string of the molecule is O=C(NCCCN1CCOCC1)c1cnc(N2CCN(C(c3ccccc3)c3ccccc3)CC2)[nH]c1=O. The number of aromatic amines is 1. The summed E-state index contributed by atoms with van der Waals surface area (Å²) < 4.78 is 5.36. The van der Waals surface area contributed by atoms with E-state index in [2.05, 4.69) is 78.5 Å². The number of benzene rings is 2. The van der Waals surface area contributed by atoms with Crippen molar-refractivity contribution in [2.75, 3.05) is 70.5 Å². The number of rotatable bonds is 9. The van der Waals surface area contributed by atoms with Crippen molar-refractivity contribution in [2.24, 2.45) is 0 Å². The summed E-state index contributed by atoms with van der Waals surface area (Å²) in [6, 6.07) is 21.3. The van der Waals surface area contributed by atoms with E-state index in [9.17, 15) is 9.59 Å². The molecule has 2 aromatic carbocycles. The summed E-state index contributed by atoms with van der Waals surface area (Å²) in [5.41, 5.74) is 2.17. The van der Waals surface area contributed by atoms with E-state index in [1.165, 1.54) is 17.3 Å². The summed E-state index contributed by atoms with van der Waals surface area (Å²) in [6.07, 6.45) is 2.22. The number of nitrogens with one attached hydrogen (secondary N) is 2. The Balaban J connectivity index is 1.16. The lowest BCUT2D eigenvalue weighted by Crippen LogP contribution is -2.49. The molecule has 0 unspecified atom stereocenters. The maximum Gasteiger partial charge on any atom is 0.265 e. The quantitative estimate of drug-likeness (QED) is 0.421. The molecule has 2 saturated heterocycles. The van der Waals surface area contributed by atoms with Crippen LogP contribution in [0, 0.1) is 0 Å². The van der Waals surface area contributed by atoms with Gasteiger partial charge in [0.2, 0.25) is 5.95 Å². The minimum absolute atomic E-state index is 0.0481. The second-order valence-corrected chi connectivity index (χ2v) is 9.76. The molecule has 200 valence electrons. The van der Waals surface area contributed by atoms with Gasteiger partial charge in [0, 0.05) is 52.0 Å². The first kappa shape index (κ1) is 26.1. The molecule has 2 aliphatic heterocycles. The maximum atomic E-state index is 12.7. The third-order valence-electron chi connectivity index (χ3n) is 7.28. The normalized spacial score (nSPS) is 17.0. The molecule has 0 aliphatic carbocycles. The highest BCUT2D eigenvalue weighted by molar-refractivity contribution is 5.93. The summed E-state index contributed by atoms with van der Waals surface area (Å²) in [7, 11) is 0. The van der Waals surface area contributed by atoms with Crippen LogP contribution in [-0.4, -0.2) is 91.2 Å². The first-order valence-electron chi connectivity index (χ1n) is 13.5. The van der Waals surface area contributed by atoms with Crippen molar-refractivity contribution in [1.29, 1.82) is 0 Å². The first-order valence-corrected chi connectivity index (χ1v) is 13.5. The number of carbonyl (C=O) groups excluding carboxylic acids is 1. The van der Waals surface area contributed by atoms with Crippen LogP contribution in [0.5, 0.6) is 0 Å². The number of morpholine rings is 1. The number of ether oxygens (including phenoxy) is 1. The molecule has 2 fully saturated rings. The standard InChI is InChI=1S/C29H36N6O3/c36-27(30-12-7-13-33-18-20-38-21-19-33)25-22-31-29(32-28(25)37)35-16-14-34(15-17-35)26(23-8-3-1-4-9-23)24-10-5-2-6-11-24/h1-6,8-11,22,26H,7,12-21H2,(H,30,36)(H,31,32,37). The van der Waals surface area contributed by atoms with E-state index in [1.807, 2.05) is 12.1 Å². The van der Waals surface area contributed by atoms with Gasteiger partial charge in [0.1, 0.15) is 5.56 Å². The van der Waals surface area contributed by atoms with Gasteiger partial charge in [-0.25, -0.2) is 4.98 Å². The fourth-order valence-electron chi connectivity index (χ4n) is 5.21. The van der Waals surface area contributed by atoms with Crippen LogP contribution in [0.25, 0.3) is 0 Å². The van der Waals surface area contributed by atoms with Crippen molar-refractivity contribution in [2.45, 2.75) is 12.5 Å². The maximum absolute atomic E-state index is 12.7. The van der Waals surface area contributed by atoms with Gasteiger partial charge in [-0.3, -0.25) is 24.4 Å². The van der Waals surface area contributed by atoms with Crippen LogP contribution in [0.15, 0.2) is 71.7 Å². The average Bonchev–Trinajstić information content (AvgIpc) is 2.97. The van der Waals surface area contributed by atoms with Crippen LogP contribution in [-0.2, 0) is 4.74 Å². The zero-order valence-electron chi connectivity index (χ0n) is 21.7. The fraction of sp³-hybridized carbons (Fsp3) is 0.414. The minimum Gasteiger partial charge on any atom is -0.379 e. The molecule has 9 nitrogen and oxygen atoms in total. The van der Waals surface area contributed by atoms with Gasteiger partial charge in [0.05, 0.1) is 19.3 Å². The molecule has 0 atom stereocenters. The van der Waals surface area contributed by atoms with Gasteiger partial charge in [-0.2, -0.15) is 0 Å². The number of H-pyrrole nitrogens is 1. The highest BCUT2D eigenvalue weighted by atomic mass is 16.5. The monoisotopic (exact) mass is 516 g/mol. The number of hydrogen-bond acceptors (Lipinski definition) is 7. The number of carbonyl (C=O) groups is 1. The molecular weight excluding hydrogens is 480 g/mol. The van der Waals surface area contributed by atoms with Crippen molar-refractivity contribution < 1.29 is 9.53 Å². The van der Waals surface area contributed by atoms with Crippen molar-refractivity contribution >= 4 is 11.9 Å². The van der Waals surface area contributed by atoms with Crippen LogP contribution in [0.3, 0.4) is 0 Å². The largest absolute Gasteiger partial charge is 0.379 e. The Hall–Kier alpha value is -3.53. The lowest BCUT2D eigenvalue weighted by atomic mass is 9.96. The first-order chi connectivity index (χ1) is 18.7. The second kappa shape index (κ2) is 12.8. The smallest absolute Gasteiger partial charge is 0.265 e. The highest BCUT2D eigenvalue weighted by Crippen LogP contribution is 2.29. The van der Waals surface area contributed by atoms with E-state index in [-0.39, 0.29) is 17.5 Å². The summed E-state index contributed by atoms with van der Waals surface area (Å²) in [6.45, 7) is 7.89. The molecular formula is C29H36N6O3. The molecule has 2 aliphatic rings. The molecule has 0 radical (unpaired) electrons. The summed E-state index contributed by atoms with van der Waals surface area (Å²) in [4.78, 5) is 39.4. The molecule has 1 aromatic heterocycles. The lowest BCUT2D eigenvalue weighted by molar-refractivity contribution is 0.0374. The molecule has 0 saturated carbocycles. The molecule has 1 amide bonds. The fourth-order valence-corrected chi connectivity index (χ4v) is 5.21. The van der Waals surface area contributed by atoms with Crippen molar-refractivity contribution in [1.82, 2.24) is 25.1 Å². The second-order valence-electron chi connectivity index (χ2n) is 9.76. The Kier molecular flexibility index (Phi) is 8.80. The Morgan fingerprint density at radius 2 is 1.55 bits per heavy atom.